The molecule has 5 heteroatoms. The second kappa shape index (κ2) is 9.55. The minimum absolute atomic E-state index is 0.0532. The number of pyridine rings is 1. The first-order valence-corrected chi connectivity index (χ1v) is 10.5. The van der Waals surface area contributed by atoms with E-state index in [1.54, 1.807) is 0 Å². The largest absolute Gasteiger partial charge is 0.369 e. The Labute approximate surface area is 178 Å². The molecule has 3 aromatic rings. The average molecular weight is 401 g/mol. The molecular weight excluding hydrogens is 372 g/mol. The zero-order chi connectivity index (χ0) is 20.8. The van der Waals surface area contributed by atoms with E-state index in [-0.39, 0.29) is 5.91 Å². The smallest absolute Gasteiger partial charge is 0.253 e. The number of nitrogens with zero attached hydrogens (tertiary/aromatic N) is 3. The van der Waals surface area contributed by atoms with E-state index in [1.807, 2.05) is 49.4 Å². The fraction of sp³-hybridized carbons (Fsp3) is 0.280. The summed E-state index contributed by atoms with van der Waals surface area (Å²) in [6.07, 6.45) is 0. The number of anilines is 1. The number of carbonyl (C=O) groups is 1. The molecule has 1 saturated heterocycles. The van der Waals surface area contributed by atoms with Crippen LogP contribution in [0.5, 0.6) is 0 Å². The van der Waals surface area contributed by atoms with Crippen molar-refractivity contribution < 1.29 is 4.79 Å². The van der Waals surface area contributed by atoms with Gasteiger partial charge in [0.1, 0.15) is 0 Å². The second-order valence-electron chi connectivity index (χ2n) is 7.62. The molecule has 1 aliphatic heterocycles. The number of carbonyl (C=O) groups excluding carboxylic acids is 1. The standard InChI is InChI=1S/C25H28N4O/c1-20-23(12-13-24(27-20)21-8-4-2-5-9-21)25(30)26-14-15-28-16-18-29(19-17-28)22-10-6-3-7-11-22/h2-13H,14-19H2,1H3,(H,26,30). The first-order valence-electron chi connectivity index (χ1n) is 10.5. The van der Waals surface area contributed by atoms with Gasteiger partial charge in [0, 0.05) is 50.5 Å². The molecule has 2 aromatic carbocycles. The van der Waals surface area contributed by atoms with Crippen LogP contribution in [-0.4, -0.2) is 55.1 Å². The molecule has 5 nitrogen and oxygen atoms in total. The van der Waals surface area contributed by atoms with Crippen LogP contribution in [0.1, 0.15) is 16.1 Å². The van der Waals surface area contributed by atoms with E-state index in [1.165, 1.54) is 5.69 Å². The molecule has 1 N–H and O–H groups in total. The van der Waals surface area contributed by atoms with E-state index in [2.05, 4.69) is 50.4 Å². The van der Waals surface area contributed by atoms with Crippen molar-refractivity contribution in [2.75, 3.05) is 44.2 Å². The molecule has 1 amide bonds. The highest BCUT2D eigenvalue weighted by Crippen LogP contribution is 2.19. The van der Waals surface area contributed by atoms with Crippen LogP contribution in [-0.2, 0) is 0 Å². The van der Waals surface area contributed by atoms with Gasteiger partial charge in [-0.25, -0.2) is 0 Å². The fourth-order valence-corrected chi connectivity index (χ4v) is 3.86. The number of amides is 1. The molecule has 1 fully saturated rings. The third kappa shape index (κ3) is 4.86. The van der Waals surface area contributed by atoms with Gasteiger partial charge in [-0.2, -0.15) is 0 Å². The number of hydrogen-bond donors (Lipinski definition) is 1. The maximum absolute atomic E-state index is 12.6. The lowest BCUT2D eigenvalue weighted by molar-refractivity contribution is 0.0947. The van der Waals surface area contributed by atoms with Crippen molar-refractivity contribution in [3.63, 3.8) is 0 Å². The van der Waals surface area contributed by atoms with Crippen molar-refractivity contribution in [2.24, 2.45) is 0 Å². The average Bonchev–Trinajstić information content (AvgIpc) is 2.80. The first-order chi connectivity index (χ1) is 14.7. The lowest BCUT2D eigenvalue weighted by Crippen LogP contribution is -2.48. The number of aromatic nitrogens is 1. The van der Waals surface area contributed by atoms with Crippen molar-refractivity contribution in [3.05, 3.63) is 84.1 Å². The van der Waals surface area contributed by atoms with Crippen LogP contribution in [0.15, 0.2) is 72.8 Å². The molecule has 0 spiro atoms. The van der Waals surface area contributed by atoms with E-state index in [9.17, 15) is 4.79 Å². The highest BCUT2D eigenvalue weighted by atomic mass is 16.1. The highest BCUT2D eigenvalue weighted by molar-refractivity contribution is 5.95. The van der Waals surface area contributed by atoms with Crippen molar-refractivity contribution in [1.82, 2.24) is 15.2 Å². The Morgan fingerprint density at radius 3 is 2.23 bits per heavy atom. The molecule has 0 bridgehead atoms. The SMILES string of the molecule is Cc1nc(-c2ccccc2)ccc1C(=O)NCCN1CCN(c2ccccc2)CC1. The van der Waals surface area contributed by atoms with Gasteiger partial charge >= 0.3 is 0 Å². The topological polar surface area (TPSA) is 48.5 Å². The third-order valence-electron chi connectivity index (χ3n) is 5.61. The number of rotatable bonds is 6. The van der Waals surface area contributed by atoms with Crippen molar-refractivity contribution in [1.29, 1.82) is 0 Å². The Bertz CT molecular complexity index is 967. The molecule has 1 aliphatic rings. The summed E-state index contributed by atoms with van der Waals surface area (Å²) in [4.78, 5) is 22.1. The predicted molar refractivity (Wildman–Crippen MR) is 122 cm³/mol. The molecular formula is C25H28N4O. The molecule has 0 aliphatic carbocycles. The predicted octanol–water partition coefficient (Wildman–Crippen LogP) is 3.61. The van der Waals surface area contributed by atoms with Crippen LogP contribution in [0.2, 0.25) is 0 Å². The quantitative estimate of drug-likeness (QED) is 0.687. The van der Waals surface area contributed by atoms with E-state index < -0.39 is 0 Å². The molecule has 1 aromatic heterocycles. The van der Waals surface area contributed by atoms with Crippen molar-refractivity contribution >= 4 is 11.6 Å². The normalized spacial score (nSPS) is 14.5. The van der Waals surface area contributed by atoms with Crippen molar-refractivity contribution in [3.8, 4) is 11.3 Å². The maximum Gasteiger partial charge on any atom is 0.253 e. The molecule has 0 saturated carbocycles. The summed E-state index contributed by atoms with van der Waals surface area (Å²) in [7, 11) is 0. The van der Waals surface area contributed by atoms with Gasteiger partial charge in [-0.1, -0.05) is 48.5 Å². The summed E-state index contributed by atoms with van der Waals surface area (Å²) in [5.74, 6) is -0.0532. The number of para-hydroxylation sites is 1. The Balaban J connectivity index is 1.25. The summed E-state index contributed by atoms with van der Waals surface area (Å²) < 4.78 is 0. The molecule has 154 valence electrons. The van der Waals surface area contributed by atoms with E-state index in [0.29, 0.717) is 12.1 Å². The van der Waals surface area contributed by atoms with E-state index in [0.717, 1.165) is 49.7 Å². The van der Waals surface area contributed by atoms with Crippen LogP contribution < -0.4 is 10.2 Å². The minimum atomic E-state index is -0.0532. The van der Waals surface area contributed by atoms with Crippen LogP contribution >= 0.6 is 0 Å². The molecule has 30 heavy (non-hydrogen) atoms. The number of hydrogen-bond acceptors (Lipinski definition) is 4. The Morgan fingerprint density at radius 1 is 0.900 bits per heavy atom. The van der Waals surface area contributed by atoms with Gasteiger partial charge in [-0.15, -0.1) is 0 Å². The number of aryl methyl sites for hydroxylation is 1. The monoisotopic (exact) mass is 400 g/mol. The van der Waals surface area contributed by atoms with Gasteiger partial charge in [0.25, 0.3) is 5.91 Å². The number of nitrogens with one attached hydrogen (secondary N) is 1. The zero-order valence-corrected chi connectivity index (χ0v) is 17.4. The first kappa shape index (κ1) is 20.1. The summed E-state index contributed by atoms with van der Waals surface area (Å²) in [6, 6.07) is 24.4. The molecule has 2 heterocycles. The Hall–Kier alpha value is -3.18. The van der Waals surface area contributed by atoms with Crippen LogP contribution in [0.25, 0.3) is 11.3 Å². The number of benzene rings is 2. The minimum Gasteiger partial charge on any atom is -0.369 e. The lowest BCUT2D eigenvalue weighted by atomic mass is 10.1. The molecule has 0 radical (unpaired) electrons. The van der Waals surface area contributed by atoms with Gasteiger partial charge in [0.15, 0.2) is 0 Å². The highest BCUT2D eigenvalue weighted by Gasteiger charge is 2.17. The zero-order valence-electron chi connectivity index (χ0n) is 17.4. The summed E-state index contributed by atoms with van der Waals surface area (Å²) in [6.45, 7) is 7.45. The van der Waals surface area contributed by atoms with Gasteiger partial charge in [0.2, 0.25) is 0 Å². The number of piperazine rings is 1. The van der Waals surface area contributed by atoms with Crippen LogP contribution in [0.3, 0.4) is 0 Å². The van der Waals surface area contributed by atoms with Gasteiger partial charge < -0.3 is 10.2 Å². The summed E-state index contributed by atoms with van der Waals surface area (Å²) in [5.41, 5.74) is 4.63. The molecule has 4 rings (SSSR count). The fourth-order valence-electron chi connectivity index (χ4n) is 3.86. The maximum atomic E-state index is 12.6. The lowest BCUT2D eigenvalue weighted by Gasteiger charge is -2.36. The Morgan fingerprint density at radius 2 is 1.57 bits per heavy atom. The van der Waals surface area contributed by atoms with Gasteiger partial charge in [-0.05, 0) is 31.2 Å². The van der Waals surface area contributed by atoms with Crippen LogP contribution in [0, 0.1) is 6.92 Å². The molecule has 0 atom stereocenters. The third-order valence-corrected chi connectivity index (χ3v) is 5.61. The Kier molecular flexibility index (Phi) is 6.40. The van der Waals surface area contributed by atoms with Crippen molar-refractivity contribution in [2.45, 2.75) is 6.92 Å². The van der Waals surface area contributed by atoms with Crippen LogP contribution in [0.4, 0.5) is 5.69 Å². The summed E-state index contributed by atoms with van der Waals surface area (Å²) >= 11 is 0. The molecule has 0 unspecified atom stereocenters. The second-order valence-corrected chi connectivity index (χ2v) is 7.62. The van der Waals surface area contributed by atoms with Gasteiger partial charge in [0.05, 0.1) is 17.0 Å². The summed E-state index contributed by atoms with van der Waals surface area (Å²) in [5, 5.41) is 3.06. The van der Waals surface area contributed by atoms with Gasteiger partial charge in [-0.3, -0.25) is 14.7 Å². The van der Waals surface area contributed by atoms with E-state index >= 15 is 0 Å². The van der Waals surface area contributed by atoms with E-state index in [4.69, 9.17) is 0 Å².